The lowest BCUT2D eigenvalue weighted by molar-refractivity contribution is 0.301. The number of halogens is 1. The third kappa shape index (κ3) is 4.90. The van der Waals surface area contributed by atoms with E-state index in [-0.39, 0.29) is 12.4 Å². The Bertz CT molecular complexity index is 1440. The van der Waals surface area contributed by atoms with Gasteiger partial charge in [-0.25, -0.2) is 13.9 Å². The molecule has 0 saturated heterocycles. The maximum Gasteiger partial charge on any atom is 0.336 e. The van der Waals surface area contributed by atoms with Crippen LogP contribution in [0.4, 0.5) is 4.39 Å². The fourth-order valence-corrected chi connectivity index (χ4v) is 3.22. The number of nitrogens with zero attached hydrogens (tertiary/aromatic N) is 3. The Labute approximate surface area is 187 Å². The minimum Gasteiger partial charge on any atom is -0.489 e. The van der Waals surface area contributed by atoms with Gasteiger partial charge in [0.05, 0.1) is 11.9 Å². The van der Waals surface area contributed by atoms with Crippen LogP contribution in [0.1, 0.15) is 11.3 Å². The van der Waals surface area contributed by atoms with Gasteiger partial charge in [-0.3, -0.25) is 0 Å². The molecule has 8 heteroatoms. The lowest BCUT2D eigenvalue weighted by atomic mass is 10.2. The predicted molar refractivity (Wildman–Crippen MR) is 119 cm³/mol. The van der Waals surface area contributed by atoms with Crippen molar-refractivity contribution in [2.75, 3.05) is 0 Å². The third-order valence-electron chi connectivity index (χ3n) is 4.94. The number of hydrogen-bond donors (Lipinski definition) is 0. The molecule has 0 N–H and O–H groups in total. The SMILES string of the molecule is O=c1ccc2ccc(OCc3cn(-c4ccc(OCc5ccc(F)cc5)cc4)nn3)cc2o1. The third-order valence-corrected chi connectivity index (χ3v) is 4.94. The molecule has 0 aliphatic rings. The van der Waals surface area contributed by atoms with E-state index >= 15 is 0 Å². The molecule has 33 heavy (non-hydrogen) atoms. The number of benzene rings is 3. The van der Waals surface area contributed by atoms with Crippen molar-refractivity contribution in [3.63, 3.8) is 0 Å². The summed E-state index contributed by atoms with van der Waals surface area (Å²) in [4.78, 5) is 11.4. The maximum absolute atomic E-state index is 13.0. The summed E-state index contributed by atoms with van der Waals surface area (Å²) >= 11 is 0. The average Bonchev–Trinajstić information content (AvgIpc) is 3.31. The highest BCUT2D eigenvalue weighted by Gasteiger charge is 2.06. The van der Waals surface area contributed by atoms with Crippen molar-refractivity contribution in [1.29, 1.82) is 0 Å². The molecule has 2 aromatic heterocycles. The van der Waals surface area contributed by atoms with Crippen molar-refractivity contribution in [3.8, 4) is 17.2 Å². The van der Waals surface area contributed by atoms with Gasteiger partial charge in [0.1, 0.15) is 41.8 Å². The van der Waals surface area contributed by atoms with Crippen molar-refractivity contribution in [2.45, 2.75) is 13.2 Å². The Morgan fingerprint density at radius 3 is 2.39 bits per heavy atom. The quantitative estimate of drug-likeness (QED) is 0.340. The Morgan fingerprint density at radius 1 is 0.848 bits per heavy atom. The standard InChI is InChI=1S/C25H18FN3O4/c26-19-5-1-17(2-6-19)15-31-22-10-7-21(8-11-22)29-14-20(27-28-29)16-32-23-9-3-18-4-12-25(30)33-24(18)13-23/h1-14H,15-16H2. The Morgan fingerprint density at radius 2 is 1.58 bits per heavy atom. The fraction of sp³-hybridized carbons (Fsp3) is 0.0800. The Balaban J connectivity index is 1.20. The molecular formula is C25H18FN3O4. The zero-order chi connectivity index (χ0) is 22.6. The van der Waals surface area contributed by atoms with E-state index in [0.29, 0.717) is 29.4 Å². The Hall–Kier alpha value is -4.46. The van der Waals surface area contributed by atoms with Crippen LogP contribution >= 0.6 is 0 Å². The molecular weight excluding hydrogens is 425 g/mol. The highest BCUT2D eigenvalue weighted by atomic mass is 19.1. The number of hydrogen-bond acceptors (Lipinski definition) is 6. The summed E-state index contributed by atoms with van der Waals surface area (Å²) in [5.41, 5.74) is 2.39. The molecule has 0 aliphatic heterocycles. The van der Waals surface area contributed by atoms with Gasteiger partial charge in [0.15, 0.2) is 0 Å². The van der Waals surface area contributed by atoms with Crippen molar-refractivity contribution in [3.05, 3.63) is 113 Å². The summed E-state index contributed by atoms with van der Waals surface area (Å²) in [6.07, 6.45) is 1.77. The summed E-state index contributed by atoms with van der Waals surface area (Å²) in [6.45, 7) is 0.560. The molecule has 0 unspecified atom stereocenters. The van der Waals surface area contributed by atoms with Crippen LogP contribution < -0.4 is 15.1 Å². The molecule has 0 spiro atoms. The summed E-state index contributed by atoms with van der Waals surface area (Å²) in [6, 6.07) is 22.0. The van der Waals surface area contributed by atoms with Crippen LogP contribution in [-0.4, -0.2) is 15.0 Å². The fourth-order valence-electron chi connectivity index (χ4n) is 3.22. The molecule has 0 radical (unpaired) electrons. The Kier molecular flexibility index (Phi) is 5.55. The van der Waals surface area contributed by atoms with Crippen LogP contribution in [-0.2, 0) is 13.2 Å². The topological polar surface area (TPSA) is 79.4 Å². The van der Waals surface area contributed by atoms with E-state index in [9.17, 15) is 9.18 Å². The van der Waals surface area contributed by atoms with Gasteiger partial charge >= 0.3 is 5.63 Å². The van der Waals surface area contributed by atoms with Gasteiger partial charge in [-0.05, 0) is 60.2 Å². The van der Waals surface area contributed by atoms with E-state index in [2.05, 4.69) is 10.3 Å². The first-order valence-electron chi connectivity index (χ1n) is 10.2. The van der Waals surface area contributed by atoms with Gasteiger partial charge in [-0.2, -0.15) is 0 Å². The number of fused-ring (bicyclic) bond motifs is 1. The molecule has 2 heterocycles. The van der Waals surface area contributed by atoms with E-state index in [0.717, 1.165) is 16.6 Å². The van der Waals surface area contributed by atoms with Crippen LogP contribution in [0.2, 0.25) is 0 Å². The van der Waals surface area contributed by atoms with E-state index < -0.39 is 5.63 Å². The van der Waals surface area contributed by atoms with Crippen molar-refractivity contribution < 1.29 is 18.3 Å². The molecule has 0 saturated carbocycles. The van der Waals surface area contributed by atoms with Gasteiger partial charge < -0.3 is 13.9 Å². The van der Waals surface area contributed by atoms with Gasteiger partial charge in [0.2, 0.25) is 0 Å². The molecule has 0 fully saturated rings. The zero-order valence-electron chi connectivity index (χ0n) is 17.3. The monoisotopic (exact) mass is 443 g/mol. The summed E-state index contributed by atoms with van der Waals surface area (Å²) in [5, 5.41) is 9.10. The molecule has 5 aromatic rings. The lowest BCUT2D eigenvalue weighted by Crippen LogP contribution is -1.98. The summed E-state index contributed by atoms with van der Waals surface area (Å²) < 4.78 is 31.3. The normalized spacial score (nSPS) is 10.9. The van der Waals surface area contributed by atoms with E-state index in [1.165, 1.54) is 18.2 Å². The van der Waals surface area contributed by atoms with Gasteiger partial charge in [0, 0.05) is 17.5 Å². The second-order valence-corrected chi connectivity index (χ2v) is 7.31. The average molecular weight is 443 g/mol. The number of aromatic nitrogens is 3. The van der Waals surface area contributed by atoms with Crippen LogP contribution in [0.3, 0.4) is 0 Å². The molecule has 0 bridgehead atoms. The first-order chi connectivity index (χ1) is 16.1. The van der Waals surface area contributed by atoms with Crippen LogP contribution in [0.25, 0.3) is 16.7 Å². The van der Waals surface area contributed by atoms with Crippen LogP contribution in [0, 0.1) is 5.82 Å². The predicted octanol–water partition coefficient (Wildman–Crippen LogP) is 4.67. The second kappa shape index (κ2) is 8.96. The molecule has 0 aliphatic carbocycles. The maximum atomic E-state index is 13.0. The largest absolute Gasteiger partial charge is 0.489 e. The molecule has 164 valence electrons. The lowest BCUT2D eigenvalue weighted by Gasteiger charge is -2.07. The van der Waals surface area contributed by atoms with E-state index in [1.54, 1.807) is 41.2 Å². The van der Waals surface area contributed by atoms with Crippen molar-refractivity contribution in [2.24, 2.45) is 0 Å². The van der Waals surface area contributed by atoms with Gasteiger partial charge in [-0.15, -0.1) is 5.10 Å². The summed E-state index contributed by atoms with van der Waals surface area (Å²) in [7, 11) is 0. The van der Waals surface area contributed by atoms with E-state index in [1.807, 2.05) is 30.3 Å². The minimum atomic E-state index is -0.408. The van der Waals surface area contributed by atoms with Gasteiger partial charge in [-0.1, -0.05) is 17.3 Å². The molecule has 0 amide bonds. The van der Waals surface area contributed by atoms with Crippen LogP contribution in [0.5, 0.6) is 11.5 Å². The molecule has 3 aromatic carbocycles. The number of ether oxygens (including phenoxy) is 2. The molecule has 7 nitrogen and oxygen atoms in total. The first kappa shape index (κ1) is 20.4. The van der Waals surface area contributed by atoms with Gasteiger partial charge in [0.25, 0.3) is 0 Å². The smallest absolute Gasteiger partial charge is 0.336 e. The highest BCUT2D eigenvalue weighted by molar-refractivity contribution is 5.77. The highest BCUT2D eigenvalue weighted by Crippen LogP contribution is 2.21. The second-order valence-electron chi connectivity index (χ2n) is 7.31. The minimum absolute atomic E-state index is 0.210. The summed E-state index contributed by atoms with van der Waals surface area (Å²) in [5.74, 6) is 0.982. The van der Waals surface area contributed by atoms with Crippen molar-refractivity contribution in [1.82, 2.24) is 15.0 Å². The zero-order valence-corrected chi connectivity index (χ0v) is 17.3. The van der Waals surface area contributed by atoms with Crippen LogP contribution in [0.15, 0.2) is 94.3 Å². The number of rotatable bonds is 7. The molecule has 0 atom stereocenters. The molecule has 5 rings (SSSR count). The first-order valence-corrected chi connectivity index (χ1v) is 10.2. The van der Waals surface area contributed by atoms with Crippen molar-refractivity contribution >= 4 is 11.0 Å². The van der Waals surface area contributed by atoms with E-state index in [4.69, 9.17) is 13.9 Å².